The molecule has 0 spiro atoms. The number of para-hydroxylation sites is 1. The predicted octanol–water partition coefficient (Wildman–Crippen LogP) is 4.73. The van der Waals surface area contributed by atoms with E-state index in [-0.39, 0.29) is 11.7 Å². The first-order valence-corrected chi connectivity index (χ1v) is 6.72. The summed E-state index contributed by atoms with van der Waals surface area (Å²) in [5, 5.41) is 5.54. The fraction of sp³-hybridized carbons (Fsp3) is 0.308. The number of hydrogen-bond acceptors (Lipinski definition) is 3. The van der Waals surface area contributed by atoms with Gasteiger partial charge in [-0.3, -0.25) is 0 Å². The Hall–Kier alpha value is -1.56. The Labute approximate surface area is 113 Å². The van der Waals surface area contributed by atoms with Gasteiger partial charge in [-0.05, 0) is 18.6 Å². The molecule has 1 heterocycles. The van der Waals surface area contributed by atoms with Crippen LogP contribution in [-0.4, -0.2) is 4.98 Å². The summed E-state index contributed by atoms with van der Waals surface area (Å²) in [4.78, 5) is 4.15. The van der Waals surface area contributed by atoms with Gasteiger partial charge in [0.15, 0.2) is 0 Å². The van der Waals surface area contributed by atoms with E-state index in [4.69, 9.17) is 0 Å². The lowest BCUT2D eigenvalue weighted by molar-refractivity contribution is -0.137. The van der Waals surface area contributed by atoms with E-state index < -0.39 is 11.7 Å². The molecule has 1 atom stereocenters. The van der Waals surface area contributed by atoms with Crippen molar-refractivity contribution in [3.05, 3.63) is 46.4 Å². The smallest absolute Gasteiger partial charge is 0.375 e. The summed E-state index contributed by atoms with van der Waals surface area (Å²) in [6, 6.07) is 5.30. The maximum Gasteiger partial charge on any atom is 0.418 e. The van der Waals surface area contributed by atoms with Crippen LogP contribution in [0, 0.1) is 0 Å². The molecule has 1 N–H and O–H groups in total. The average Bonchev–Trinajstić information content (AvgIpc) is 2.89. The molecule has 1 aromatic heterocycles. The third-order valence-corrected chi connectivity index (χ3v) is 3.61. The number of nitrogens with one attached hydrogen (secondary N) is 1. The number of rotatable bonds is 4. The molecule has 1 aromatic carbocycles. The Balaban J connectivity index is 2.28. The number of anilines is 1. The second-order valence-electron chi connectivity index (χ2n) is 4.02. The van der Waals surface area contributed by atoms with Crippen molar-refractivity contribution >= 4 is 17.0 Å². The quantitative estimate of drug-likeness (QED) is 0.879. The van der Waals surface area contributed by atoms with Crippen LogP contribution >= 0.6 is 11.3 Å². The summed E-state index contributed by atoms with van der Waals surface area (Å²) in [5.41, 5.74) is -0.554. The van der Waals surface area contributed by atoms with Crippen LogP contribution in [0.25, 0.3) is 0 Å². The van der Waals surface area contributed by atoms with E-state index >= 15 is 0 Å². The molecule has 0 saturated heterocycles. The van der Waals surface area contributed by atoms with Crippen molar-refractivity contribution < 1.29 is 13.2 Å². The van der Waals surface area contributed by atoms with Gasteiger partial charge in [0.2, 0.25) is 0 Å². The van der Waals surface area contributed by atoms with Gasteiger partial charge in [-0.25, -0.2) is 4.98 Å². The molecule has 19 heavy (non-hydrogen) atoms. The van der Waals surface area contributed by atoms with Gasteiger partial charge in [0.25, 0.3) is 0 Å². The molecule has 1 unspecified atom stereocenters. The highest BCUT2D eigenvalue weighted by atomic mass is 32.1. The van der Waals surface area contributed by atoms with Gasteiger partial charge in [-0.1, -0.05) is 19.1 Å². The number of halogens is 3. The molecule has 0 amide bonds. The minimum absolute atomic E-state index is 0.0945. The lowest BCUT2D eigenvalue weighted by Crippen LogP contribution is -2.14. The van der Waals surface area contributed by atoms with Crippen molar-refractivity contribution in [2.75, 3.05) is 5.32 Å². The first-order chi connectivity index (χ1) is 9.02. The van der Waals surface area contributed by atoms with Crippen LogP contribution in [0.15, 0.2) is 35.8 Å². The van der Waals surface area contributed by atoms with E-state index in [9.17, 15) is 13.2 Å². The zero-order valence-corrected chi connectivity index (χ0v) is 11.1. The van der Waals surface area contributed by atoms with E-state index in [1.807, 2.05) is 12.3 Å². The molecule has 0 radical (unpaired) electrons. The number of aromatic nitrogens is 1. The number of nitrogens with zero attached hydrogens (tertiary/aromatic N) is 1. The SMILES string of the molecule is CCC(Nc1ccccc1C(F)(F)F)c1nccs1. The minimum atomic E-state index is -4.36. The lowest BCUT2D eigenvalue weighted by Gasteiger charge is -2.19. The van der Waals surface area contributed by atoms with Gasteiger partial charge in [0, 0.05) is 17.3 Å². The van der Waals surface area contributed by atoms with Gasteiger partial charge in [0.1, 0.15) is 5.01 Å². The number of hydrogen-bond donors (Lipinski definition) is 1. The highest BCUT2D eigenvalue weighted by molar-refractivity contribution is 7.09. The largest absolute Gasteiger partial charge is 0.418 e. The van der Waals surface area contributed by atoms with Crippen molar-refractivity contribution in [3.8, 4) is 0 Å². The fourth-order valence-corrected chi connectivity index (χ4v) is 2.56. The molecule has 0 aliphatic rings. The number of benzene rings is 1. The topological polar surface area (TPSA) is 24.9 Å². The second kappa shape index (κ2) is 5.61. The van der Waals surface area contributed by atoms with Crippen molar-refractivity contribution in [2.24, 2.45) is 0 Å². The second-order valence-corrected chi connectivity index (χ2v) is 4.95. The van der Waals surface area contributed by atoms with E-state index in [1.54, 1.807) is 12.3 Å². The van der Waals surface area contributed by atoms with Gasteiger partial charge in [-0.2, -0.15) is 13.2 Å². The predicted molar refractivity (Wildman–Crippen MR) is 70.2 cm³/mol. The van der Waals surface area contributed by atoms with Crippen molar-refractivity contribution in [1.82, 2.24) is 4.98 Å². The highest BCUT2D eigenvalue weighted by Crippen LogP contribution is 2.36. The molecular weight excluding hydrogens is 273 g/mol. The van der Waals surface area contributed by atoms with Crippen LogP contribution in [-0.2, 0) is 6.18 Å². The van der Waals surface area contributed by atoms with Crippen LogP contribution in [0.1, 0.15) is 30.0 Å². The highest BCUT2D eigenvalue weighted by Gasteiger charge is 2.33. The van der Waals surface area contributed by atoms with Crippen molar-refractivity contribution in [2.45, 2.75) is 25.6 Å². The lowest BCUT2D eigenvalue weighted by atomic mass is 10.1. The first kappa shape index (κ1) is 13.9. The summed E-state index contributed by atoms with van der Waals surface area (Å²) in [7, 11) is 0. The molecule has 0 aliphatic carbocycles. The van der Waals surface area contributed by atoms with E-state index in [0.29, 0.717) is 6.42 Å². The molecular formula is C13H13F3N2S. The maximum atomic E-state index is 12.9. The Morgan fingerprint density at radius 2 is 2.05 bits per heavy atom. The van der Waals surface area contributed by atoms with E-state index in [2.05, 4.69) is 10.3 Å². The summed E-state index contributed by atoms with van der Waals surface area (Å²) in [5.74, 6) is 0. The molecule has 0 aliphatic heterocycles. The van der Waals surface area contributed by atoms with Crippen LogP contribution in [0.2, 0.25) is 0 Å². The fourth-order valence-electron chi connectivity index (χ4n) is 1.79. The molecule has 6 heteroatoms. The molecule has 2 nitrogen and oxygen atoms in total. The Bertz CT molecular complexity index is 523. The van der Waals surface area contributed by atoms with Crippen LogP contribution in [0.5, 0.6) is 0 Å². The van der Waals surface area contributed by atoms with Gasteiger partial charge < -0.3 is 5.32 Å². The molecule has 0 bridgehead atoms. The van der Waals surface area contributed by atoms with E-state index in [0.717, 1.165) is 11.1 Å². The number of thiazole rings is 1. The van der Waals surface area contributed by atoms with Gasteiger partial charge in [-0.15, -0.1) is 11.3 Å². The normalized spacial score (nSPS) is 13.3. The van der Waals surface area contributed by atoms with E-state index in [1.165, 1.54) is 23.5 Å². The van der Waals surface area contributed by atoms with Gasteiger partial charge in [0.05, 0.1) is 11.6 Å². The molecule has 102 valence electrons. The van der Waals surface area contributed by atoms with Crippen molar-refractivity contribution in [1.29, 1.82) is 0 Å². The van der Waals surface area contributed by atoms with Crippen LogP contribution in [0.4, 0.5) is 18.9 Å². The first-order valence-electron chi connectivity index (χ1n) is 5.84. The summed E-state index contributed by atoms with van der Waals surface area (Å²) < 4.78 is 38.7. The molecule has 0 saturated carbocycles. The molecule has 0 fully saturated rings. The van der Waals surface area contributed by atoms with Crippen molar-refractivity contribution in [3.63, 3.8) is 0 Å². The average molecular weight is 286 g/mol. The molecule has 2 aromatic rings. The number of alkyl halides is 3. The monoisotopic (exact) mass is 286 g/mol. The Morgan fingerprint density at radius 3 is 2.63 bits per heavy atom. The Kier molecular flexibility index (Phi) is 4.09. The van der Waals surface area contributed by atoms with Crippen LogP contribution < -0.4 is 5.32 Å². The van der Waals surface area contributed by atoms with Gasteiger partial charge >= 0.3 is 6.18 Å². The maximum absolute atomic E-state index is 12.9. The Morgan fingerprint density at radius 1 is 1.32 bits per heavy atom. The zero-order valence-electron chi connectivity index (χ0n) is 10.2. The summed E-state index contributed by atoms with van der Waals surface area (Å²) >= 11 is 1.43. The zero-order chi connectivity index (χ0) is 13.9. The third-order valence-electron chi connectivity index (χ3n) is 2.72. The molecule has 2 rings (SSSR count). The third kappa shape index (κ3) is 3.26. The van der Waals surface area contributed by atoms with Crippen LogP contribution in [0.3, 0.4) is 0 Å². The summed E-state index contributed by atoms with van der Waals surface area (Å²) in [6.07, 6.45) is -2.04. The summed E-state index contributed by atoms with van der Waals surface area (Å²) in [6.45, 7) is 1.91. The minimum Gasteiger partial charge on any atom is -0.375 e. The standard InChI is InChI=1S/C13H13F3N2S/c1-2-10(12-17-7-8-19-12)18-11-6-4-3-5-9(11)13(14,15)16/h3-8,10,18H,2H2,1H3.